The van der Waals surface area contributed by atoms with Crippen molar-refractivity contribution >= 4 is 17.8 Å². The lowest BCUT2D eigenvalue weighted by Gasteiger charge is -2.08. The van der Waals surface area contributed by atoms with Gasteiger partial charge in [0.25, 0.3) is 0 Å². The van der Waals surface area contributed by atoms with Crippen LogP contribution in [0, 0.1) is 0 Å². The molecule has 0 saturated carbocycles. The maximum Gasteiger partial charge on any atom is 0.337 e. The molecule has 130 valence electrons. The predicted octanol–water partition coefficient (Wildman–Crippen LogP) is 1.45. The van der Waals surface area contributed by atoms with E-state index in [-0.39, 0.29) is 24.8 Å². The van der Waals surface area contributed by atoms with Crippen LogP contribution in [0.4, 0.5) is 0 Å². The van der Waals surface area contributed by atoms with Crippen LogP contribution in [-0.4, -0.2) is 31.4 Å². The van der Waals surface area contributed by atoms with Crippen LogP contribution in [0.25, 0.3) is 0 Å². The zero-order valence-corrected chi connectivity index (χ0v) is 14.0. The van der Waals surface area contributed by atoms with Gasteiger partial charge >= 0.3 is 5.97 Å². The molecule has 6 nitrogen and oxygen atoms in total. The summed E-state index contributed by atoms with van der Waals surface area (Å²) in [4.78, 5) is 34.9. The van der Waals surface area contributed by atoms with Crippen LogP contribution >= 0.6 is 0 Å². The van der Waals surface area contributed by atoms with Crippen molar-refractivity contribution in [1.82, 2.24) is 10.6 Å². The number of benzene rings is 2. The van der Waals surface area contributed by atoms with Gasteiger partial charge in [0.2, 0.25) is 11.8 Å². The zero-order chi connectivity index (χ0) is 18.1. The fraction of sp³-hybridized carbons (Fsp3) is 0.211. The minimum Gasteiger partial charge on any atom is -0.465 e. The Labute approximate surface area is 146 Å². The first-order chi connectivity index (χ1) is 12.1. The SMILES string of the molecule is COC(=O)c1ccc(CNC(=O)CNC(=O)Cc2ccccc2)cc1. The van der Waals surface area contributed by atoms with Crippen LogP contribution in [0.3, 0.4) is 0 Å². The maximum absolute atomic E-state index is 11.8. The molecule has 0 aliphatic heterocycles. The molecule has 0 unspecified atom stereocenters. The first-order valence-corrected chi connectivity index (χ1v) is 7.83. The topological polar surface area (TPSA) is 84.5 Å². The van der Waals surface area contributed by atoms with Gasteiger partial charge in [0.1, 0.15) is 0 Å². The lowest BCUT2D eigenvalue weighted by Crippen LogP contribution is -2.37. The minimum absolute atomic E-state index is 0.0775. The predicted molar refractivity (Wildman–Crippen MR) is 92.8 cm³/mol. The van der Waals surface area contributed by atoms with Crippen LogP contribution in [0.15, 0.2) is 54.6 Å². The van der Waals surface area contributed by atoms with Gasteiger partial charge in [-0.05, 0) is 23.3 Å². The lowest BCUT2D eigenvalue weighted by atomic mass is 10.1. The second-order valence-corrected chi connectivity index (χ2v) is 5.40. The smallest absolute Gasteiger partial charge is 0.337 e. The highest BCUT2D eigenvalue weighted by Gasteiger charge is 2.07. The Morgan fingerprint density at radius 2 is 1.52 bits per heavy atom. The number of ether oxygens (including phenoxy) is 1. The average molecular weight is 340 g/mol. The van der Waals surface area contributed by atoms with E-state index >= 15 is 0 Å². The fourth-order valence-electron chi connectivity index (χ4n) is 2.16. The van der Waals surface area contributed by atoms with Gasteiger partial charge in [0, 0.05) is 6.54 Å². The van der Waals surface area contributed by atoms with Crippen LogP contribution < -0.4 is 10.6 Å². The summed E-state index contributed by atoms with van der Waals surface area (Å²) in [6, 6.07) is 16.1. The van der Waals surface area contributed by atoms with Crippen molar-refractivity contribution in [3.63, 3.8) is 0 Å². The fourth-order valence-corrected chi connectivity index (χ4v) is 2.16. The summed E-state index contributed by atoms with van der Waals surface area (Å²) < 4.78 is 4.62. The van der Waals surface area contributed by atoms with E-state index in [0.717, 1.165) is 11.1 Å². The Balaban J connectivity index is 1.71. The van der Waals surface area contributed by atoms with E-state index < -0.39 is 5.97 Å². The summed E-state index contributed by atoms with van der Waals surface area (Å²) in [6.45, 7) is 0.237. The van der Waals surface area contributed by atoms with Crippen LogP contribution in [0.5, 0.6) is 0 Å². The molecule has 0 bridgehead atoms. The Morgan fingerprint density at radius 1 is 0.840 bits per heavy atom. The van der Waals surface area contributed by atoms with Gasteiger partial charge in [0.15, 0.2) is 0 Å². The maximum atomic E-state index is 11.8. The van der Waals surface area contributed by atoms with Crippen molar-refractivity contribution in [3.05, 3.63) is 71.3 Å². The quantitative estimate of drug-likeness (QED) is 0.747. The van der Waals surface area contributed by atoms with Gasteiger partial charge in [0.05, 0.1) is 25.6 Å². The molecule has 0 atom stereocenters. The highest BCUT2D eigenvalue weighted by atomic mass is 16.5. The van der Waals surface area contributed by atoms with Gasteiger partial charge in [-0.3, -0.25) is 9.59 Å². The second-order valence-electron chi connectivity index (χ2n) is 5.40. The molecule has 0 saturated heterocycles. The van der Waals surface area contributed by atoms with Crippen molar-refractivity contribution in [2.24, 2.45) is 0 Å². The van der Waals surface area contributed by atoms with E-state index in [4.69, 9.17) is 0 Å². The number of methoxy groups -OCH3 is 1. The molecule has 0 aromatic heterocycles. The number of hydrogen-bond acceptors (Lipinski definition) is 4. The summed E-state index contributed by atoms with van der Waals surface area (Å²) in [7, 11) is 1.32. The molecular formula is C19H20N2O4. The first kappa shape index (κ1) is 18.2. The molecule has 2 aromatic rings. The molecule has 0 fully saturated rings. The molecule has 0 aliphatic carbocycles. The molecule has 6 heteroatoms. The minimum atomic E-state index is -0.406. The van der Waals surface area contributed by atoms with Crippen molar-refractivity contribution < 1.29 is 19.1 Å². The van der Waals surface area contributed by atoms with E-state index in [0.29, 0.717) is 12.1 Å². The lowest BCUT2D eigenvalue weighted by molar-refractivity contribution is -0.125. The third-order valence-corrected chi connectivity index (χ3v) is 3.52. The molecular weight excluding hydrogens is 320 g/mol. The third kappa shape index (κ3) is 6.10. The summed E-state index contributed by atoms with van der Waals surface area (Å²) in [5, 5.41) is 5.30. The Morgan fingerprint density at radius 3 is 2.16 bits per heavy atom. The zero-order valence-electron chi connectivity index (χ0n) is 14.0. The van der Waals surface area contributed by atoms with Gasteiger partial charge in [-0.2, -0.15) is 0 Å². The summed E-state index contributed by atoms with van der Waals surface area (Å²) in [5.74, 6) is -0.890. The standard InChI is InChI=1S/C19H20N2O4/c1-25-19(24)16-9-7-15(8-10-16)12-20-18(23)13-21-17(22)11-14-5-3-2-4-6-14/h2-10H,11-13H2,1H3,(H,20,23)(H,21,22). The highest BCUT2D eigenvalue weighted by Crippen LogP contribution is 2.05. The van der Waals surface area contributed by atoms with Gasteiger partial charge in [-0.25, -0.2) is 4.79 Å². The number of rotatable bonds is 7. The summed E-state index contributed by atoms with van der Waals surface area (Å²) in [6.07, 6.45) is 0.239. The van der Waals surface area contributed by atoms with Crippen molar-refractivity contribution in [2.45, 2.75) is 13.0 Å². The summed E-state index contributed by atoms with van der Waals surface area (Å²) in [5.41, 5.74) is 2.19. The number of esters is 1. The van der Waals surface area contributed by atoms with Crippen molar-refractivity contribution in [1.29, 1.82) is 0 Å². The van der Waals surface area contributed by atoms with E-state index in [1.807, 2.05) is 30.3 Å². The Bertz CT molecular complexity index is 727. The van der Waals surface area contributed by atoms with E-state index in [1.165, 1.54) is 7.11 Å². The third-order valence-electron chi connectivity index (χ3n) is 3.52. The Hall–Kier alpha value is -3.15. The van der Waals surface area contributed by atoms with Crippen LogP contribution in [0.2, 0.25) is 0 Å². The average Bonchev–Trinajstić information content (AvgIpc) is 2.65. The molecule has 0 heterocycles. The number of hydrogen-bond donors (Lipinski definition) is 2. The largest absolute Gasteiger partial charge is 0.465 e. The van der Waals surface area contributed by atoms with Gasteiger partial charge in [-0.1, -0.05) is 42.5 Å². The molecule has 2 rings (SSSR count). The molecule has 0 spiro atoms. The molecule has 2 amide bonds. The number of amides is 2. The number of carbonyl (C=O) groups excluding carboxylic acids is 3. The Kier molecular flexibility index (Phi) is 6.71. The molecule has 25 heavy (non-hydrogen) atoms. The van der Waals surface area contributed by atoms with Crippen LogP contribution in [0.1, 0.15) is 21.5 Å². The highest BCUT2D eigenvalue weighted by molar-refractivity contribution is 5.89. The second kappa shape index (κ2) is 9.22. The van der Waals surface area contributed by atoms with Gasteiger partial charge in [-0.15, -0.1) is 0 Å². The molecule has 0 radical (unpaired) electrons. The van der Waals surface area contributed by atoms with Crippen molar-refractivity contribution in [2.75, 3.05) is 13.7 Å². The molecule has 2 N–H and O–H groups in total. The number of carbonyl (C=O) groups is 3. The monoisotopic (exact) mass is 340 g/mol. The summed E-state index contributed by atoms with van der Waals surface area (Å²) >= 11 is 0. The molecule has 2 aromatic carbocycles. The van der Waals surface area contributed by atoms with Crippen LogP contribution in [-0.2, 0) is 27.3 Å². The van der Waals surface area contributed by atoms with Gasteiger partial charge < -0.3 is 15.4 Å². The molecule has 0 aliphatic rings. The van der Waals surface area contributed by atoms with Crippen molar-refractivity contribution in [3.8, 4) is 0 Å². The van der Waals surface area contributed by atoms with E-state index in [2.05, 4.69) is 15.4 Å². The first-order valence-electron chi connectivity index (χ1n) is 7.83. The van der Waals surface area contributed by atoms with E-state index in [1.54, 1.807) is 24.3 Å². The normalized spacial score (nSPS) is 9.96. The van der Waals surface area contributed by atoms with E-state index in [9.17, 15) is 14.4 Å². The number of nitrogens with one attached hydrogen (secondary N) is 2.